The second-order valence-corrected chi connectivity index (χ2v) is 7.75. The quantitative estimate of drug-likeness (QED) is 0.538. The number of amides is 1. The van der Waals surface area contributed by atoms with Gasteiger partial charge in [-0.05, 0) is 12.1 Å². The minimum Gasteiger partial charge on any atom is -0.507 e. The fourth-order valence-corrected chi connectivity index (χ4v) is 4.54. The summed E-state index contributed by atoms with van der Waals surface area (Å²) in [6.07, 6.45) is 0.0350. The van der Waals surface area contributed by atoms with E-state index in [0.29, 0.717) is 34.4 Å². The van der Waals surface area contributed by atoms with Crippen molar-refractivity contribution in [2.24, 2.45) is 0 Å². The first-order chi connectivity index (χ1) is 14.5. The minimum atomic E-state index is -1.45. The summed E-state index contributed by atoms with van der Waals surface area (Å²) in [5, 5.41) is 32.4. The Bertz CT molecular complexity index is 1050. The van der Waals surface area contributed by atoms with Gasteiger partial charge in [0.25, 0.3) is 5.91 Å². The van der Waals surface area contributed by atoms with Crippen LogP contribution in [0.5, 0.6) is 0 Å². The average Bonchev–Trinajstić information content (AvgIpc) is 3.40. The molecule has 2 aliphatic heterocycles. The molecule has 1 aromatic carbocycles. The maximum atomic E-state index is 12.5. The number of carbonyl (C=O) groups excluding carboxylic acids is 1. The zero-order valence-corrected chi connectivity index (χ0v) is 16.6. The number of aliphatic hydroxyl groups is 2. The van der Waals surface area contributed by atoms with Gasteiger partial charge in [-0.1, -0.05) is 18.2 Å². The molecular formula is C20H19N3O6S. The number of rotatable bonds is 6. The molecule has 0 saturated heterocycles. The molecule has 0 spiro atoms. The Labute approximate surface area is 175 Å². The average molecular weight is 429 g/mol. The summed E-state index contributed by atoms with van der Waals surface area (Å²) < 4.78 is 5.55. The molecule has 3 heterocycles. The summed E-state index contributed by atoms with van der Waals surface area (Å²) in [5.74, 6) is -0.881. The number of benzene rings is 1. The molecule has 2 aliphatic rings. The van der Waals surface area contributed by atoms with E-state index >= 15 is 0 Å². The number of hydrogen-bond acceptors (Lipinski definition) is 8. The largest absolute Gasteiger partial charge is 0.507 e. The van der Waals surface area contributed by atoms with Crippen LogP contribution in [0, 0.1) is 0 Å². The maximum Gasteiger partial charge on any atom is 0.322 e. The molecule has 1 atom stereocenters. The smallest absolute Gasteiger partial charge is 0.322 e. The van der Waals surface area contributed by atoms with Gasteiger partial charge in [-0.2, -0.15) is 11.8 Å². The third-order valence-electron chi connectivity index (χ3n) is 4.82. The topological polar surface area (TPSA) is 136 Å². The predicted molar refractivity (Wildman–Crippen MR) is 108 cm³/mol. The highest BCUT2D eigenvalue weighted by Crippen LogP contribution is 2.39. The lowest BCUT2D eigenvalue weighted by molar-refractivity contribution is -0.137. The molecule has 0 aliphatic carbocycles. The van der Waals surface area contributed by atoms with Crippen LogP contribution in [0.4, 0.5) is 0 Å². The molecule has 0 bridgehead atoms. The number of nitrogens with zero attached hydrogens (tertiary/aromatic N) is 2. The molecule has 4 N–H and O–H groups in total. The fraction of sp³-hybridized carbons (Fsp3) is 0.250. The van der Waals surface area contributed by atoms with E-state index < -0.39 is 24.6 Å². The summed E-state index contributed by atoms with van der Waals surface area (Å²) in [5.41, 5.74) is 2.35. The van der Waals surface area contributed by atoms with Crippen molar-refractivity contribution in [3.63, 3.8) is 0 Å². The molecule has 2 aromatic rings. The van der Waals surface area contributed by atoms with Gasteiger partial charge in [-0.3, -0.25) is 9.59 Å². The van der Waals surface area contributed by atoms with Crippen LogP contribution in [0.3, 0.4) is 0 Å². The van der Waals surface area contributed by atoms with Crippen LogP contribution in [0.2, 0.25) is 0 Å². The van der Waals surface area contributed by atoms with Crippen LogP contribution >= 0.6 is 11.8 Å². The molecule has 0 saturated carbocycles. The number of carboxylic acid groups (broad SMARTS) is 1. The van der Waals surface area contributed by atoms with Gasteiger partial charge >= 0.3 is 5.97 Å². The Hall–Kier alpha value is -3.24. The number of hydrogen-bond donors (Lipinski definition) is 4. The third-order valence-corrected chi connectivity index (χ3v) is 5.79. The van der Waals surface area contributed by atoms with Gasteiger partial charge in [0.05, 0.1) is 12.2 Å². The van der Waals surface area contributed by atoms with E-state index in [9.17, 15) is 19.8 Å². The first kappa shape index (κ1) is 20.0. The zero-order valence-electron chi connectivity index (χ0n) is 15.7. The Morgan fingerprint density at radius 1 is 1.27 bits per heavy atom. The van der Waals surface area contributed by atoms with Gasteiger partial charge in [0.1, 0.15) is 24.1 Å². The summed E-state index contributed by atoms with van der Waals surface area (Å²) >= 11 is 1.54. The van der Waals surface area contributed by atoms with Gasteiger partial charge in [0.15, 0.2) is 6.23 Å². The number of nitrogens with one attached hydrogen (secondary N) is 1. The van der Waals surface area contributed by atoms with Crippen molar-refractivity contribution in [2.75, 3.05) is 18.1 Å². The van der Waals surface area contributed by atoms with Gasteiger partial charge in [0.2, 0.25) is 5.89 Å². The van der Waals surface area contributed by atoms with Crippen molar-refractivity contribution in [3.05, 3.63) is 64.9 Å². The highest BCUT2D eigenvalue weighted by Gasteiger charge is 2.39. The number of aromatic nitrogens is 1. The highest BCUT2D eigenvalue weighted by molar-refractivity contribution is 7.99. The van der Waals surface area contributed by atoms with Crippen molar-refractivity contribution in [2.45, 2.75) is 12.8 Å². The van der Waals surface area contributed by atoms with Crippen LogP contribution in [0.1, 0.15) is 5.69 Å². The number of thioether (sulfide) groups is 1. The summed E-state index contributed by atoms with van der Waals surface area (Å²) in [4.78, 5) is 29.3. The molecule has 0 fully saturated rings. The van der Waals surface area contributed by atoms with Crippen molar-refractivity contribution in [1.29, 1.82) is 0 Å². The van der Waals surface area contributed by atoms with E-state index in [2.05, 4.69) is 10.3 Å². The van der Waals surface area contributed by atoms with E-state index in [1.54, 1.807) is 16.7 Å². The summed E-state index contributed by atoms with van der Waals surface area (Å²) in [6, 6.07) is 9.36. The third kappa shape index (κ3) is 3.79. The molecule has 1 aromatic heterocycles. The molecule has 156 valence electrons. The van der Waals surface area contributed by atoms with E-state index in [4.69, 9.17) is 9.52 Å². The van der Waals surface area contributed by atoms with Crippen molar-refractivity contribution >= 4 is 23.6 Å². The van der Waals surface area contributed by atoms with Crippen molar-refractivity contribution in [1.82, 2.24) is 15.2 Å². The SMILES string of the molecule is O=C(O)CNC(=O)C1=C(O)C2=C(CSC2)N(Cc2coc(-c3ccccc3)n2)C1O. The summed E-state index contributed by atoms with van der Waals surface area (Å²) in [7, 11) is 0. The molecule has 30 heavy (non-hydrogen) atoms. The van der Waals surface area contributed by atoms with Crippen LogP contribution in [-0.4, -0.2) is 61.4 Å². The van der Waals surface area contributed by atoms with Crippen LogP contribution in [-0.2, 0) is 16.1 Å². The van der Waals surface area contributed by atoms with Gasteiger partial charge in [-0.15, -0.1) is 0 Å². The standard InChI is InChI=1S/C20H19N3O6S/c24-15(25)6-21-18(27)16-17(26)13-9-30-10-14(13)23(20(16)28)7-12-8-29-19(22-12)11-4-2-1-3-5-11/h1-5,8,20,26,28H,6-7,9-10H2,(H,21,27)(H,24,25). The van der Waals surface area contributed by atoms with Crippen LogP contribution in [0.15, 0.2) is 63.6 Å². The maximum absolute atomic E-state index is 12.5. The predicted octanol–water partition coefficient (Wildman–Crippen LogP) is 1.49. The first-order valence-electron chi connectivity index (χ1n) is 9.13. The molecule has 10 heteroatoms. The Morgan fingerprint density at radius 3 is 2.77 bits per heavy atom. The number of carboxylic acids is 1. The first-order valence-corrected chi connectivity index (χ1v) is 10.3. The number of aliphatic carboxylic acids is 1. The summed E-state index contributed by atoms with van der Waals surface area (Å²) in [6.45, 7) is -0.466. The molecule has 0 radical (unpaired) electrons. The number of allylic oxidation sites excluding steroid dienone is 1. The minimum absolute atomic E-state index is 0.153. The lowest BCUT2D eigenvalue weighted by Crippen LogP contribution is -2.45. The normalized spacial score (nSPS) is 18.6. The fourth-order valence-electron chi connectivity index (χ4n) is 3.40. The molecule has 4 rings (SSSR count). The monoisotopic (exact) mass is 429 g/mol. The van der Waals surface area contributed by atoms with E-state index in [-0.39, 0.29) is 17.9 Å². The van der Waals surface area contributed by atoms with Gasteiger partial charge < -0.3 is 30.0 Å². The molecule has 1 amide bonds. The van der Waals surface area contributed by atoms with Gasteiger partial charge in [-0.25, -0.2) is 4.98 Å². The molecular weight excluding hydrogens is 410 g/mol. The van der Waals surface area contributed by atoms with Crippen molar-refractivity contribution < 1.29 is 29.3 Å². The second-order valence-electron chi connectivity index (χ2n) is 6.77. The van der Waals surface area contributed by atoms with Crippen molar-refractivity contribution in [3.8, 4) is 11.5 Å². The zero-order chi connectivity index (χ0) is 21.3. The van der Waals surface area contributed by atoms with E-state index in [1.165, 1.54) is 6.26 Å². The van der Waals surface area contributed by atoms with E-state index in [1.807, 2.05) is 30.3 Å². The van der Waals surface area contributed by atoms with Gasteiger partial charge in [0, 0.05) is 28.3 Å². The Balaban J connectivity index is 1.60. The second kappa shape index (κ2) is 8.25. The number of oxazole rings is 1. The molecule has 1 unspecified atom stereocenters. The van der Waals surface area contributed by atoms with E-state index in [0.717, 1.165) is 5.56 Å². The van der Waals surface area contributed by atoms with Crippen LogP contribution < -0.4 is 5.32 Å². The lowest BCUT2D eigenvalue weighted by atomic mass is 9.99. The lowest BCUT2D eigenvalue weighted by Gasteiger charge is -2.35. The Morgan fingerprint density at radius 2 is 2.03 bits per heavy atom. The Kier molecular flexibility index (Phi) is 5.51. The highest BCUT2D eigenvalue weighted by atomic mass is 32.2. The number of aliphatic hydroxyl groups excluding tert-OH is 2. The molecule has 9 nitrogen and oxygen atoms in total. The van der Waals surface area contributed by atoms with Crippen LogP contribution in [0.25, 0.3) is 11.5 Å². The number of carbonyl (C=O) groups is 2.